The van der Waals surface area contributed by atoms with Crippen LogP contribution in [0.5, 0.6) is 0 Å². The molecule has 0 spiro atoms. The maximum Gasteiger partial charge on any atom is 0.0231 e. The van der Waals surface area contributed by atoms with E-state index in [1.165, 1.54) is 51.1 Å². The van der Waals surface area contributed by atoms with Gasteiger partial charge in [-0.05, 0) is 52.0 Å². The van der Waals surface area contributed by atoms with Crippen molar-refractivity contribution in [3.05, 3.63) is 0 Å². The lowest BCUT2D eigenvalue weighted by atomic mass is 9.76. The molecular weight excluding hydrogens is 252 g/mol. The van der Waals surface area contributed by atoms with Crippen LogP contribution in [-0.4, -0.2) is 48.1 Å². The number of hydrogen-bond donors (Lipinski definition) is 1. The van der Waals surface area contributed by atoms with Gasteiger partial charge in [-0.15, -0.1) is 0 Å². The monoisotopic (exact) mass is 284 g/mol. The van der Waals surface area contributed by atoms with E-state index >= 15 is 0 Å². The van der Waals surface area contributed by atoms with E-state index in [9.17, 15) is 0 Å². The predicted molar refractivity (Wildman–Crippen MR) is 86.9 cm³/mol. The van der Waals surface area contributed by atoms with Gasteiger partial charge in [0, 0.05) is 36.2 Å². The number of nitrogens with one attached hydrogen (secondary N) is 1. The number of thioether (sulfide) groups is 1. The predicted octanol–water partition coefficient (Wildman–Crippen LogP) is 3.23. The van der Waals surface area contributed by atoms with Crippen LogP contribution in [0.2, 0.25) is 0 Å². The van der Waals surface area contributed by atoms with Crippen LogP contribution in [-0.2, 0) is 0 Å². The third-order valence-corrected chi connectivity index (χ3v) is 6.33. The van der Waals surface area contributed by atoms with Crippen molar-refractivity contribution in [1.29, 1.82) is 0 Å². The van der Waals surface area contributed by atoms with Crippen LogP contribution in [0.1, 0.15) is 46.5 Å². The highest BCUT2D eigenvalue weighted by Gasteiger charge is 2.33. The molecule has 0 aromatic heterocycles. The summed E-state index contributed by atoms with van der Waals surface area (Å²) in [6.45, 7) is 11.0. The molecule has 0 amide bonds. The molecule has 2 aliphatic rings. The Bertz CT molecular complexity index is 280. The molecule has 0 aromatic carbocycles. The molecule has 2 fully saturated rings. The molecule has 1 saturated carbocycles. The van der Waals surface area contributed by atoms with Gasteiger partial charge < -0.3 is 10.2 Å². The average Bonchev–Trinajstić information content (AvgIpc) is 2.37. The van der Waals surface area contributed by atoms with Crippen molar-refractivity contribution in [2.45, 2.75) is 57.2 Å². The molecule has 0 aromatic rings. The summed E-state index contributed by atoms with van der Waals surface area (Å²) >= 11 is 2.14. The number of nitrogens with zero attached hydrogens (tertiary/aromatic N) is 1. The molecule has 112 valence electrons. The van der Waals surface area contributed by atoms with Gasteiger partial charge in [0.05, 0.1) is 0 Å². The van der Waals surface area contributed by atoms with Crippen LogP contribution < -0.4 is 5.32 Å². The minimum atomic E-state index is 0.451. The fourth-order valence-corrected chi connectivity index (χ4v) is 5.09. The van der Waals surface area contributed by atoms with Crippen LogP contribution in [0.4, 0.5) is 0 Å². The summed E-state index contributed by atoms with van der Waals surface area (Å²) in [5.74, 6) is 3.14. The van der Waals surface area contributed by atoms with E-state index in [2.05, 4.69) is 49.8 Å². The van der Waals surface area contributed by atoms with Crippen LogP contribution in [0.15, 0.2) is 0 Å². The van der Waals surface area contributed by atoms with Crippen LogP contribution in [0.25, 0.3) is 0 Å². The molecule has 1 N–H and O–H groups in total. The fourth-order valence-electron chi connectivity index (χ4n) is 3.92. The molecule has 1 aliphatic carbocycles. The van der Waals surface area contributed by atoms with E-state index in [0.717, 1.165) is 17.9 Å². The summed E-state index contributed by atoms with van der Waals surface area (Å²) in [5.41, 5.74) is 0. The van der Waals surface area contributed by atoms with E-state index in [-0.39, 0.29) is 0 Å². The Morgan fingerprint density at radius 3 is 2.74 bits per heavy atom. The Kier molecular flexibility index (Phi) is 5.62. The van der Waals surface area contributed by atoms with Crippen molar-refractivity contribution < 1.29 is 0 Å². The summed E-state index contributed by atoms with van der Waals surface area (Å²) in [7, 11) is 2.15. The lowest BCUT2D eigenvalue weighted by Crippen LogP contribution is -2.49. The van der Waals surface area contributed by atoms with Gasteiger partial charge in [0.2, 0.25) is 0 Å². The second-order valence-corrected chi connectivity index (χ2v) is 8.89. The molecule has 2 rings (SSSR count). The van der Waals surface area contributed by atoms with E-state index in [4.69, 9.17) is 0 Å². The molecule has 3 atom stereocenters. The first kappa shape index (κ1) is 15.7. The van der Waals surface area contributed by atoms with E-state index < -0.39 is 0 Å². The molecule has 3 heteroatoms. The number of hydrogen-bond acceptors (Lipinski definition) is 3. The summed E-state index contributed by atoms with van der Waals surface area (Å²) in [5, 5.41) is 3.58. The molecule has 1 aliphatic heterocycles. The second kappa shape index (κ2) is 6.82. The van der Waals surface area contributed by atoms with Gasteiger partial charge in [-0.1, -0.05) is 13.3 Å². The Morgan fingerprint density at radius 1 is 1.32 bits per heavy atom. The molecule has 1 saturated heterocycles. The summed E-state index contributed by atoms with van der Waals surface area (Å²) in [6, 6.07) is 0.750. The largest absolute Gasteiger partial charge is 0.317 e. The lowest BCUT2D eigenvalue weighted by molar-refractivity contribution is 0.138. The lowest BCUT2D eigenvalue weighted by Gasteiger charge is -2.43. The smallest absolute Gasteiger partial charge is 0.0231 e. The van der Waals surface area contributed by atoms with Crippen LogP contribution >= 0.6 is 11.8 Å². The van der Waals surface area contributed by atoms with Gasteiger partial charge in [-0.25, -0.2) is 0 Å². The standard InChI is InChI=1S/C16H32N2S/c1-5-13-6-7-15(17-4)14(10-13)11-18-8-9-19-16(2,3)12-18/h13-15,17H,5-12H2,1-4H3. The molecule has 0 radical (unpaired) electrons. The molecule has 3 unspecified atom stereocenters. The minimum Gasteiger partial charge on any atom is -0.317 e. The van der Waals surface area contributed by atoms with Gasteiger partial charge in [0.1, 0.15) is 0 Å². The summed E-state index contributed by atoms with van der Waals surface area (Å²) in [6.07, 6.45) is 5.62. The van der Waals surface area contributed by atoms with Crippen LogP contribution in [0, 0.1) is 11.8 Å². The fraction of sp³-hybridized carbons (Fsp3) is 1.00. The SMILES string of the molecule is CCC1CCC(NC)C(CN2CCSC(C)(C)C2)C1. The van der Waals surface area contributed by atoms with Crippen molar-refractivity contribution in [2.24, 2.45) is 11.8 Å². The van der Waals surface area contributed by atoms with Gasteiger partial charge in [-0.3, -0.25) is 0 Å². The van der Waals surface area contributed by atoms with E-state index in [1.807, 2.05) is 0 Å². The first-order valence-electron chi connectivity index (χ1n) is 8.07. The minimum absolute atomic E-state index is 0.451. The Hall–Kier alpha value is 0.270. The van der Waals surface area contributed by atoms with E-state index in [1.54, 1.807) is 0 Å². The van der Waals surface area contributed by atoms with Gasteiger partial charge in [-0.2, -0.15) is 11.8 Å². The molecule has 19 heavy (non-hydrogen) atoms. The highest BCUT2D eigenvalue weighted by molar-refractivity contribution is 8.00. The Labute approximate surface area is 124 Å². The Balaban J connectivity index is 1.91. The number of rotatable bonds is 4. The summed E-state index contributed by atoms with van der Waals surface area (Å²) < 4.78 is 0.451. The quantitative estimate of drug-likeness (QED) is 0.853. The van der Waals surface area contributed by atoms with Crippen molar-refractivity contribution >= 4 is 11.8 Å². The maximum absolute atomic E-state index is 3.58. The maximum atomic E-state index is 3.58. The zero-order valence-corrected chi connectivity index (χ0v) is 14.1. The first-order valence-corrected chi connectivity index (χ1v) is 9.06. The van der Waals surface area contributed by atoms with Crippen molar-refractivity contribution in [3.8, 4) is 0 Å². The topological polar surface area (TPSA) is 15.3 Å². The highest BCUT2D eigenvalue weighted by Crippen LogP contribution is 2.34. The zero-order valence-electron chi connectivity index (χ0n) is 13.2. The van der Waals surface area contributed by atoms with Gasteiger partial charge in [0.15, 0.2) is 0 Å². The molecule has 1 heterocycles. The zero-order chi connectivity index (χ0) is 13.9. The van der Waals surface area contributed by atoms with E-state index in [0.29, 0.717) is 4.75 Å². The Morgan fingerprint density at radius 2 is 2.11 bits per heavy atom. The third kappa shape index (κ3) is 4.37. The third-order valence-electron chi connectivity index (χ3n) is 5.04. The van der Waals surface area contributed by atoms with Crippen molar-refractivity contribution in [1.82, 2.24) is 10.2 Å². The normalized spacial score (nSPS) is 36.3. The van der Waals surface area contributed by atoms with Crippen molar-refractivity contribution in [2.75, 3.05) is 32.4 Å². The first-order chi connectivity index (χ1) is 9.04. The van der Waals surface area contributed by atoms with Gasteiger partial charge in [0.25, 0.3) is 0 Å². The van der Waals surface area contributed by atoms with Crippen molar-refractivity contribution in [3.63, 3.8) is 0 Å². The highest BCUT2D eigenvalue weighted by atomic mass is 32.2. The van der Waals surface area contributed by atoms with Crippen LogP contribution in [0.3, 0.4) is 0 Å². The second-order valence-electron chi connectivity index (χ2n) is 7.09. The van der Waals surface area contributed by atoms with Gasteiger partial charge >= 0.3 is 0 Å². The molecule has 2 nitrogen and oxygen atoms in total. The molecule has 0 bridgehead atoms. The summed E-state index contributed by atoms with van der Waals surface area (Å²) in [4.78, 5) is 2.73. The average molecular weight is 285 g/mol. The molecular formula is C16H32N2S.